The van der Waals surface area contributed by atoms with E-state index >= 15 is 0 Å². The molecule has 1 atom stereocenters. The van der Waals surface area contributed by atoms with Gasteiger partial charge in [0.25, 0.3) is 0 Å². The fraction of sp³-hybridized carbons (Fsp3) is 0.615. The molecule has 0 radical (unpaired) electrons. The molecule has 0 aliphatic rings. The summed E-state index contributed by atoms with van der Waals surface area (Å²) in [6, 6.07) is -0.451. The van der Waals surface area contributed by atoms with Crippen molar-refractivity contribution in [2.24, 2.45) is 7.05 Å². The maximum absolute atomic E-state index is 12.0. The minimum absolute atomic E-state index is 0.276. The molecule has 0 fully saturated rings. The number of fused-ring (bicyclic) bond motifs is 1. The molecular formula is C13H19ClN4O2. The Morgan fingerprint density at radius 2 is 2.20 bits per heavy atom. The van der Waals surface area contributed by atoms with Crippen molar-refractivity contribution in [2.45, 2.75) is 33.2 Å². The lowest BCUT2D eigenvalue weighted by atomic mass is 10.3. The summed E-state index contributed by atoms with van der Waals surface area (Å²) in [5.41, 5.74) is 2.47. The molecule has 7 heteroatoms. The Bertz CT molecular complexity index is 632. The highest BCUT2D eigenvalue weighted by atomic mass is 35.5. The summed E-state index contributed by atoms with van der Waals surface area (Å²) < 4.78 is 8.72. The van der Waals surface area contributed by atoms with Crippen LogP contribution in [0.4, 0.5) is 0 Å². The van der Waals surface area contributed by atoms with Crippen LogP contribution in [0.2, 0.25) is 0 Å². The van der Waals surface area contributed by atoms with Gasteiger partial charge in [-0.3, -0.25) is 9.25 Å². The Balaban J connectivity index is 2.58. The van der Waals surface area contributed by atoms with Gasteiger partial charge in [0.05, 0.1) is 12.3 Å². The van der Waals surface area contributed by atoms with Crippen LogP contribution in [0.5, 0.6) is 0 Å². The molecule has 0 bridgehead atoms. The number of hydrogen-bond acceptors (Lipinski definition) is 4. The molecule has 1 unspecified atom stereocenters. The van der Waals surface area contributed by atoms with Gasteiger partial charge < -0.3 is 4.74 Å². The van der Waals surface area contributed by atoms with Crippen LogP contribution in [0.15, 0.2) is 0 Å². The molecule has 2 aromatic heterocycles. The van der Waals surface area contributed by atoms with E-state index in [9.17, 15) is 4.79 Å². The summed E-state index contributed by atoms with van der Waals surface area (Å²) in [5, 5.41) is 4.35. The first kappa shape index (κ1) is 14.8. The van der Waals surface area contributed by atoms with Crippen molar-refractivity contribution in [3.63, 3.8) is 0 Å². The van der Waals surface area contributed by atoms with Crippen molar-refractivity contribution in [3.05, 3.63) is 11.5 Å². The first-order valence-corrected chi connectivity index (χ1v) is 7.17. The second-order valence-corrected chi connectivity index (χ2v) is 5.02. The normalized spacial score (nSPS) is 12.8. The van der Waals surface area contributed by atoms with Gasteiger partial charge in [-0.2, -0.15) is 5.10 Å². The Morgan fingerprint density at radius 1 is 1.50 bits per heavy atom. The van der Waals surface area contributed by atoms with Crippen molar-refractivity contribution in [1.82, 2.24) is 19.3 Å². The molecule has 0 spiro atoms. The standard InChI is InChI=1S/C13H19ClN4O2/c1-5-20-13(19)9(3)18-10(6-7-14)15-11-8(2)16-17(4)12(11)18/h9H,5-7H2,1-4H3. The number of nitrogens with zero attached hydrogens (tertiary/aromatic N) is 4. The first-order chi connectivity index (χ1) is 9.51. The number of hydrogen-bond donors (Lipinski definition) is 0. The zero-order valence-corrected chi connectivity index (χ0v) is 12.9. The van der Waals surface area contributed by atoms with Crippen LogP contribution in [-0.4, -0.2) is 37.8 Å². The number of aromatic nitrogens is 4. The van der Waals surface area contributed by atoms with Gasteiger partial charge in [0, 0.05) is 19.3 Å². The second-order valence-electron chi connectivity index (χ2n) is 4.65. The number of rotatable bonds is 5. The highest BCUT2D eigenvalue weighted by molar-refractivity contribution is 6.17. The topological polar surface area (TPSA) is 61.9 Å². The van der Waals surface area contributed by atoms with Gasteiger partial charge in [0.2, 0.25) is 0 Å². The van der Waals surface area contributed by atoms with E-state index < -0.39 is 6.04 Å². The average Bonchev–Trinajstić information content (AvgIpc) is 2.89. The third kappa shape index (κ3) is 2.40. The van der Waals surface area contributed by atoms with Gasteiger partial charge in [0.15, 0.2) is 5.65 Å². The molecule has 2 rings (SSSR count). The average molecular weight is 299 g/mol. The summed E-state index contributed by atoms with van der Waals surface area (Å²) >= 11 is 5.84. The minimum Gasteiger partial charge on any atom is -0.464 e. The monoisotopic (exact) mass is 298 g/mol. The predicted octanol–water partition coefficient (Wildman–Crippen LogP) is 1.98. The van der Waals surface area contributed by atoms with Crippen LogP contribution in [0.1, 0.15) is 31.4 Å². The summed E-state index contributed by atoms with van der Waals surface area (Å²) in [6.07, 6.45) is 0.597. The fourth-order valence-electron chi connectivity index (χ4n) is 2.38. The van der Waals surface area contributed by atoms with Gasteiger partial charge in [-0.15, -0.1) is 11.6 Å². The Morgan fingerprint density at radius 3 is 2.80 bits per heavy atom. The van der Waals surface area contributed by atoms with E-state index in [2.05, 4.69) is 10.1 Å². The number of ether oxygens (including phenoxy) is 1. The number of esters is 1. The third-order valence-electron chi connectivity index (χ3n) is 3.24. The van der Waals surface area contributed by atoms with E-state index in [0.717, 1.165) is 22.7 Å². The molecule has 110 valence electrons. The smallest absolute Gasteiger partial charge is 0.328 e. The van der Waals surface area contributed by atoms with Crippen LogP contribution in [0, 0.1) is 6.92 Å². The second kappa shape index (κ2) is 5.83. The molecule has 0 saturated carbocycles. The lowest BCUT2D eigenvalue weighted by Gasteiger charge is -2.16. The molecule has 2 aromatic rings. The highest BCUT2D eigenvalue weighted by Gasteiger charge is 2.25. The Kier molecular flexibility index (Phi) is 4.32. The van der Waals surface area contributed by atoms with Crippen molar-refractivity contribution in [2.75, 3.05) is 12.5 Å². The molecule has 0 aliphatic carbocycles. The lowest BCUT2D eigenvalue weighted by molar-refractivity contribution is -0.146. The summed E-state index contributed by atoms with van der Waals surface area (Å²) in [6.45, 7) is 5.86. The largest absolute Gasteiger partial charge is 0.464 e. The molecule has 0 aliphatic heterocycles. The van der Waals surface area contributed by atoms with Crippen LogP contribution >= 0.6 is 11.6 Å². The molecule has 20 heavy (non-hydrogen) atoms. The van der Waals surface area contributed by atoms with Gasteiger partial charge in [0.1, 0.15) is 17.4 Å². The first-order valence-electron chi connectivity index (χ1n) is 6.64. The van der Waals surface area contributed by atoms with Crippen molar-refractivity contribution in [3.8, 4) is 0 Å². The van der Waals surface area contributed by atoms with E-state index in [0.29, 0.717) is 18.9 Å². The molecular weight excluding hydrogens is 280 g/mol. The van der Waals surface area contributed by atoms with Crippen molar-refractivity contribution < 1.29 is 9.53 Å². The zero-order valence-electron chi connectivity index (χ0n) is 12.2. The third-order valence-corrected chi connectivity index (χ3v) is 3.43. The lowest BCUT2D eigenvalue weighted by Crippen LogP contribution is -2.22. The molecule has 0 aromatic carbocycles. The summed E-state index contributed by atoms with van der Waals surface area (Å²) in [4.78, 5) is 16.6. The van der Waals surface area contributed by atoms with Crippen molar-refractivity contribution >= 4 is 28.7 Å². The predicted molar refractivity (Wildman–Crippen MR) is 77.0 cm³/mol. The minimum atomic E-state index is -0.451. The van der Waals surface area contributed by atoms with Gasteiger partial charge in [-0.05, 0) is 20.8 Å². The number of carbonyl (C=O) groups excluding carboxylic acids is 1. The number of alkyl halides is 1. The molecule has 0 amide bonds. The fourth-order valence-corrected chi connectivity index (χ4v) is 2.55. The van der Waals surface area contributed by atoms with Gasteiger partial charge >= 0.3 is 5.97 Å². The molecule has 2 heterocycles. The van der Waals surface area contributed by atoms with Crippen LogP contribution in [0.25, 0.3) is 11.2 Å². The van der Waals surface area contributed by atoms with E-state index in [1.165, 1.54) is 0 Å². The number of halogens is 1. The van der Waals surface area contributed by atoms with E-state index in [1.807, 2.05) is 18.5 Å². The molecule has 0 N–H and O–H groups in total. The number of carbonyl (C=O) groups is 1. The SMILES string of the molecule is CCOC(=O)C(C)n1c(CCCl)nc2c(C)nn(C)c21. The van der Waals surface area contributed by atoms with E-state index in [4.69, 9.17) is 16.3 Å². The van der Waals surface area contributed by atoms with Crippen molar-refractivity contribution in [1.29, 1.82) is 0 Å². The van der Waals surface area contributed by atoms with E-state index in [1.54, 1.807) is 18.5 Å². The Hall–Kier alpha value is -1.56. The van der Waals surface area contributed by atoms with E-state index in [-0.39, 0.29) is 5.97 Å². The van der Waals surface area contributed by atoms with Crippen LogP contribution < -0.4 is 0 Å². The highest BCUT2D eigenvalue weighted by Crippen LogP contribution is 2.24. The number of imidazole rings is 1. The van der Waals surface area contributed by atoms with Crippen LogP contribution in [0.3, 0.4) is 0 Å². The van der Waals surface area contributed by atoms with Crippen LogP contribution in [-0.2, 0) is 23.0 Å². The Labute approximate surface area is 122 Å². The molecule has 0 saturated heterocycles. The summed E-state index contributed by atoms with van der Waals surface area (Å²) in [7, 11) is 1.84. The van der Waals surface area contributed by atoms with Gasteiger partial charge in [-0.1, -0.05) is 0 Å². The maximum Gasteiger partial charge on any atom is 0.328 e. The number of aryl methyl sites for hydroxylation is 3. The quantitative estimate of drug-likeness (QED) is 0.625. The van der Waals surface area contributed by atoms with Gasteiger partial charge in [-0.25, -0.2) is 9.78 Å². The zero-order chi connectivity index (χ0) is 14.9. The summed E-state index contributed by atoms with van der Waals surface area (Å²) in [5.74, 6) is 0.957. The molecule has 6 nitrogen and oxygen atoms in total. The maximum atomic E-state index is 12.0.